The highest BCUT2D eigenvalue weighted by atomic mass is 16.3. The van der Waals surface area contributed by atoms with Crippen molar-refractivity contribution in [3.63, 3.8) is 0 Å². The molecule has 174 valence electrons. The third-order valence-electron chi connectivity index (χ3n) is 6.18. The SMILES string of the molecule is CCCCCCCc1c(O)n2c3c(=O)n(C)c(=O)n(C)c3nc2n(Cc2ccccc2)c1=O. The van der Waals surface area contributed by atoms with Gasteiger partial charge in [-0.15, -0.1) is 0 Å². The van der Waals surface area contributed by atoms with Gasteiger partial charge in [-0.25, -0.2) is 9.20 Å². The van der Waals surface area contributed by atoms with Gasteiger partial charge in [0.2, 0.25) is 11.7 Å². The van der Waals surface area contributed by atoms with E-state index in [4.69, 9.17) is 0 Å². The number of imidazole rings is 1. The molecule has 4 aromatic rings. The number of hydrogen-bond acceptors (Lipinski definition) is 5. The van der Waals surface area contributed by atoms with E-state index < -0.39 is 11.2 Å². The van der Waals surface area contributed by atoms with Gasteiger partial charge in [0, 0.05) is 14.1 Å². The molecule has 0 aliphatic rings. The molecule has 0 bridgehead atoms. The fourth-order valence-electron chi connectivity index (χ4n) is 4.28. The molecule has 1 N–H and O–H groups in total. The zero-order valence-electron chi connectivity index (χ0n) is 19.2. The van der Waals surface area contributed by atoms with Crippen LogP contribution in [0, 0.1) is 0 Å². The van der Waals surface area contributed by atoms with E-state index in [1.165, 1.54) is 27.6 Å². The van der Waals surface area contributed by atoms with Crippen molar-refractivity contribution in [2.75, 3.05) is 0 Å². The summed E-state index contributed by atoms with van der Waals surface area (Å²) < 4.78 is 5.03. The highest BCUT2D eigenvalue weighted by Gasteiger charge is 2.24. The number of fused-ring (bicyclic) bond motifs is 3. The summed E-state index contributed by atoms with van der Waals surface area (Å²) in [5.74, 6) is -0.155. The van der Waals surface area contributed by atoms with Crippen molar-refractivity contribution < 1.29 is 5.11 Å². The van der Waals surface area contributed by atoms with Crippen LogP contribution in [0.15, 0.2) is 44.7 Å². The summed E-state index contributed by atoms with van der Waals surface area (Å²) >= 11 is 0. The minimum absolute atomic E-state index is 0.0705. The van der Waals surface area contributed by atoms with E-state index in [1.54, 1.807) is 0 Å². The van der Waals surface area contributed by atoms with Crippen LogP contribution >= 0.6 is 0 Å². The zero-order chi connectivity index (χ0) is 23.7. The first-order chi connectivity index (χ1) is 15.9. The molecular formula is C24H29N5O4. The summed E-state index contributed by atoms with van der Waals surface area (Å²) in [5, 5.41) is 11.2. The average Bonchev–Trinajstić information content (AvgIpc) is 3.22. The Morgan fingerprint density at radius 1 is 0.909 bits per heavy atom. The van der Waals surface area contributed by atoms with Crippen LogP contribution in [0.3, 0.4) is 0 Å². The third-order valence-corrected chi connectivity index (χ3v) is 6.18. The van der Waals surface area contributed by atoms with Crippen molar-refractivity contribution in [3.05, 3.63) is 72.7 Å². The summed E-state index contributed by atoms with van der Waals surface area (Å²) in [7, 11) is 2.90. The number of unbranched alkanes of at least 4 members (excludes halogenated alkanes) is 4. The first-order valence-electron chi connectivity index (χ1n) is 11.3. The first-order valence-corrected chi connectivity index (χ1v) is 11.3. The molecule has 4 rings (SSSR count). The van der Waals surface area contributed by atoms with E-state index in [0.717, 1.165) is 42.2 Å². The van der Waals surface area contributed by atoms with E-state index in [9.17, 15) is 19.5 Å². The number of aromatic hydroxyl groups is 1. The molecule has 0 radical (unpaired) electrons. The number of aryl methyl sites for hydroxylation is 1. The molecule has 0 atom stereocenters. The maximum absolute atomic E-state index is 13.5. The second kappa shape index (κ2) is 9.09. The minimum Gasteiger partial charge on any atom is -0.494 e. The smallest absolute Gasteiger partial charge is 0.332 e. The van der Waals surface area contributed by atoms with Crippen LogP contribution in [0.4, 0.5) is 0 Å². The fourth-order valence-corrected chi connectivity index (χ4v) is 4.28. The van der Waals surface area contributed by atoms with Crippen LogP contribution in [-0.2, 0) is 27.1 Å². The number of aromatic nitrogens is 5. The molecule has 1 aromatic carbocycles. The van der Waals surface area contributed by atoms with Gasteiger partial charge in [-0.2, -0.15) is 4.98 Å². The minimum atomic E-state index is -0.574. The molecule has 0 spiro atoms. The van der Waals surface area contributed by atoms with Crippen LogP contribution in [0.1, 0.15) is 50.2 Å². The Kier molecular flexibility index (Phi) is 6.22. The van der Waals surface area contributed by atoms with E-state index in [2.05, 4.69) is 11.9 Å². The molecule has 3 heterocycles. The van der Waals surface area contributed by atoms with Gasteiger partial charge in [-0.3, -0.25) is 23.3 Å². The van der Waals surface area contributed by atoms with Gasteiger partial charge in [0.25, 0.3) is 11.1 Å². The van der Waals surface area contributed by atoms with E-state index >= 15 is 0 Å². The van der Waals surface area contributed by atoms with Gasteiger partial charge in [-0.05, 0) is 18.4 Å². The predicted molar refractivity (Wildman–Crippen MR) is 127 cm³/mol. The lowest BCUT2D eigenvalue weighted by molar-refractivity contribution is 0.432. The van der Waals surface area contributed by atoms with Gasteiger partial charge in [0.05, 0.1) is 12.1 Å². The predicted octanol–water partition coefficient (Wildman–Crippen LogP) is 2.31. The molecule has 33 heavy (non-hydrogen) atoms. The molecule has 0 saturated carbocycles. The third kappa shape index (κ3) is 3.88. The lowest BCUT2D eigenvalue weighted by Crippen LogP contribution is -2.37. The lowest BCUT2D eigenvalue weighted by atomic mass is 10.1. The molecular weight excluding hydrogens is 422 g/mol. The maximum Gasteiger partial charge on any atom is 0.332 e. The zero-order valence-corrected chi connectivity index (χ0v) is 19.2. The molecule has 3 aromatic heterocycles. The Morgan fingerprint density at radius 3 is 2.30 bits per heavy atom. The largest absolute Gasteiger partial charge is 0.494 e. The van der Waals surface area contributed by atoms with Crippen molar-refractivity contribution >= 4 is 16.9 Å². The number of benzene rings is 1. The monoisotopic (exact) mass is 451 g/mol. The Hall–Kier alpha value is -3.62. The molecule has 0 saturated heterocycles. The number of hydrogen-bond donors (Lipinski definition) is 1. The van der Waals surface area contributed by atoms with Gasteiger partial charge in [0.15, 0.2) is 11.2 Å². The second-order valence-electron chi connectivity index (χ2n) is 8.47. The topological polar surface area (TPSA) is 104 Å². The van der Waals surface area contributed by atoms with Crippen molar-refractivity contribution in [1.82, 2.24) is 23.1 Å². The summed E-state index contributed by atoms with van der Waals surface area (Å²) in [6.07, 6.45) is 5.40. The number of rotatable bonds is 8. The van der Waals surface area contributed by atoms with Gasteiger partial charge in [-0.1, -0.05) is 62.9 Å². The van der Waals surface area contributed by atoms with Crippen molar-refractivity contribution in [2.45, 2.75) is 52.0 Å². The normalized spacial score (nSPS) is 11.6. The second-order valence-corrected chi connectivity index (χ2v) is 8.47. The Labute approximate surface area is 190 Å². The molecule has 0 fully saturated rings. The fraction of sp³-hybridized carbons (Fsp3) is 0.417. The van der Waals surface area contributed by atoms with Crippen LogP contribution in [0.2, 0.25) is 0 Å². The average molecular weight is 452 g/mol. The van der Waals surface area contributed by atoms with Crippen LogP contribution in [0.5, 0.6) is 5.88 Å². The molecule has 0 aliphatic carbocycles. The van der Waals surface area contributed by atoms with Crippen LogP contribution < -0.4 is 16.8 Å². The molecule has 0 amide bonds. The van der Waals surface area contributed by atoms with Crippen LogP contribution in [0.25, 0.3) is 16.9 Å². The first kappa shape index (κ1) is 22.6. The van der Waals surface area contributed by atoms with Gasteiger partial charge >= 0.3 is 5.69 Å². The molecule has 0 unspecified atom stereocenters. The highest BCUT2D eigenvalue weighted by Crippen LogP contribution is 2.23. The van der Waals surface area contributed by atoms with Gasteiger partial charge < -0.3 is 5.11 Å². The quantitative estimate of drug-likeness (QED) is 0.414. The Morgan fingerprint density at radius 2 is 1.61 bits per heavy atom. The summed E-state index contributed by atoms with van der Waals surface area (Å²) in [5.41, 5.74) is -0.101. The number of nitrogens with zero attached hydrogens (tertiary/aromatic N) is 5. The van der Waals surface area contributed by atoms with Crippen LogP contribution in [-0.4, -0.2) is 28.2 Å². The van der Waals surface area contributed by atoms with Gasteiger partial charge in [0.1, 0.15) is 0 Å². The molecule has 9 nitrogen and oxygen atoms in total. The standard InChI is InChI=1S/C24H29N5O4/c1-4-5-6-7-11-14-17-20(30)28(15-16-12-9-8-10-13-16)23-25-19-18(29(23)21(17)31)22(32)27(3)24(33)26(19)2/h8-10,12-13,31H,4-7,11,14-15H2,1-3H3. The van der Waals surface area contributed by atoms with Crippen molar-refractivity contribution in [2.24, 2.45) is 14.1 Å². The maximum atomic E-state index is 13.5. The summed E-state index contributed by atoms with van der Waals surface area (Å²) in [6.45, 7) is 2.36. The van der Waals surface area contributed by atoms with Crippen molar-refractivity contribution in [3.8, 4) is 5.88 Å². The van der Waals surface area contributed by atoms with E-state index in [1.807, 2.05) is 30.3 Å². The lowest BCUT2D eigenvalue weighted by Gasteiger charge is -2.13. The Balaban J connectivity index is 2.00. The Bertz CT molecular complexity index is 1490. The molecule has 0 aliphatic heterocycles. The molecule has 9 heteroatoms. The summed E-state index contributed by atoms with van der Waals surface area (Å²) in [4.78, 5) is 43.4. The van der Waals surface area contributed by atoms with Crippen molar-refractivity contribution in [1.29, 1.82) is 0 Å². The van der Waals surface area contributed by atoms with E-state index in [-0.39, 0.29) is 40.5 Å². The summed E-state index contributed by atoms with van der Waals surface area (Å²) in [6, 6.07) is 9.46. The van der Waals surface area contributed by atoms with E-state index in [0.29, 0.717) is 6.42 Å². The highest BCUT2D eigenvalue weighted by molar-refractivity contribution is 5.76.